The van der Waals surface area contributed by atoms with Crippen molar-refractivity contribution in [3.8, 4) is 5.75 Å². The predicted molar refractivity (Wildman–Crippen MR) is 78.7 cm³/mol. The third-order valence-electron chi connectivity index (χ3n) is 3.10. The lowest BCUT2D eigenvalue weighted by atomic mass is 10.0. The van der Waals surface area contributed by atoms with Gasteiger partial charge in [0.15, 0.2) is 0 Å². The summed E-state index contributed by atoms with van der Waals surface area (Å²) < 4.78 is 10.6. The smallest absolute Gasteiger partial charge is 0.337 e. The minimum atomic E-state index is -0.964. The van der Waals surface area contributed by atoms with Crippen molar-refractivity contribution in [1.29, 1.82) is 0 Å². The Balaban J connectivity index is 2.99. The number of aromatic carboxylic acids is 1. The Labute approximate surface area is 119 Å². The van der Waals surface area contributed by atoms with Crippen LogP contribution in [0.15, 0.2) is 18.2 Å². The normalized spacial score (nSPS) is 12.2. The molecular formula is C15H23NO4. The maximum absolute atomic E-state index is 11.3. The lowest BCUT2D eigenvalue weighted by molar-refractivity contribution is 0.0697. The molecule has 20 heavy (non-hydrogen) atoms. The third-order valence-corrected chi connectivity index (χ3v) is 3.10. The van der Waals surface area contributed by atoms with Gasteiger partial charge in [-0.05, 0) is 25.0 Å². The van der Waals surface area contributed by atoms with E-state index in [2.05, 4.69) is 19.2 Å². The van der Waals surface area contributed by atoms with E-state index in [0.29, 0.717) is 30.6 Å². The molecular weight excluding hydrogens is 258 g/mol. The molecule has 0 heterocycles. The Bertz CT molecular complexity index is 445. The molecule has 0 amide bonds. The van der Waals surface area contributed by atoms with E-state index < -0.39 is 5.97 Å². The Hall–Kier alpha value is -1.75. The SMILES string of the molecule is CCOCC(Nc1cc(OC)ccc1C(=O)O)C(C)C. The first-order chi connectivity index (χ1) is 9.49. The van der Waals surface area contributed by atoms with E-state index in [4.69, 9.17) is 9.47 Å². The molecule has 5 heteroatoms. The van der Waals surface area contributed by atoms with Gasteiger partial charge in [0.05, 0.1) is 31.0 Å². The highest BCUT2D eigenvalue weighted by molar-refractivity contribution is 5.94. The zero-order valence-corrected chi connectivity index (χ0v) is 12.5. The van der Waals surface area contributed by atoms with Crippen LogP contribution in [0.25, 0.3) is 0 Å². The van der Waals surface area contributed by atoms with Crippen LogP contribution in [-0.2, 0) is 4.74 Å². The van der Waals surface area contributed by atoms with Crippen LogP contribution in [0.3, 0.4) is 0 Å². The fraction of sp³-hybridized carbons (Fsp3) is 0.533. The Morgan fingerprint density at radius 3 is 2.60 bits per heavy atom. The van der Waals surface area contributed by atoms with Crippen molar-refractivity contribution in [2.24, 2.45) is 5.92 Å². The average molecular weight is 281 g/mol. The number of rotatable bonds is 8. The maximum Gasteiger partial charge on any atom is 0.337 e. The molecule has 0 aromatic heterocycles. The fourth-order valence-electron chi connectivity index (χ4n) is 1.80. The van der Waals surface area contributed by atoms with Gasteiger partial charge in [0.1, 0.15) is 5.75 Å². The molecule has 1 unspecified atom stereocenters. The van der Waals surface area contributed by atoms with E-state index in [9.17, 15) is 9.90 Å². The fourth-order valence-corrected chi connectivity index (χ4v) is 1.80. The summed E-state index contributed by atoms with van der Waals surface area (Å²) >= 11 is 0. The van der Waals surface area contributed by atoms with Gasteiger partial charge in [-0.25, -0.2) is 4.79 Å². The maximum atomic E-state index is 11.3. The van der Waals surface area contributed by atoms with Gasteiger partial charge in [-0.2, -0.15) is 0 Å². The first-order valence-corrected chi connectivity index (χ1v) is 6.75. The van der Waals surface area contributed by atoms with E-state index in [0.717, 1.165) is 0 Å². The summed E-state index contributed by atoms with van der Waals surface area (Å²) in [5, 5.41) is 12.5. The highest BCUT2D eigenvalue weighted by Crippen LogP contribution is 2.24. The zero-order valence-electron chi connectivity index (χ0n) is 12.5. The number of carbonyl (C=O) groups is 1. The summed E-state index contributed by atoms with van der Waals surface area (Å²) in [6, 6.07) is 4.92. The van der Waals surface area contributed by atoms with E-state index in [1.807, 2.05) is 6.92 Å². The summed E-state index contributed by atoms with van der Waals surface area (Å²) in [6.45, 7) is 7.24. The van der Waals surface area contributed by atoms with Gasteiger partial charge in [0.2, 0.25) is 0 Å². The van der Waals surface area contributed by atoms with Crippen molar-refractivity contribution in [2.75, 3.05) is 25.6 Å². The van der Waals surface area contributed by atoms with Crippen LogP contribution in [-0.4, -0.2) is 37.4 Å². The molecule has 0 aliphatic carbocycles. The molecule has 1 aromatic rings. The van der Waals surface area contributed by atoms with Crippen LogP contribution in [0, 0.1) is 5.92 Å². The van der Waals surface area contributed by atoms with Crippen LogP contribution in [0.5, 0.6) is 5.75 Å². The van der Waals surface area contributed by atoms with Crippen LogP contribution in [0.1, 0.15) is 31.1 Å². The molecule has 0 radical (unpaired) electrons. The molecule has 0 saturated heterocycles. The zero-order chi connectivity index (χ0) is 15.1. The molecule has 0 saturated carbocycles. The second-order valence-electron chi connectivity index (χ2n) is 4.87. The number of carboxylic acids is 1. The molecule has 1 atom stereocenters. The second kappa shape index (κ2) is 7.75. The first-order valence-electron chi connectivity index (χ1n) is 6.75. The van der Waals surface area contributed by atoms with Gasteiger partial charge >= 0.3 is 5.97 Å². The van der Waals surface area contributed by atoms with Gasteiger partial charge in [-0.1, -0.05) is 13.8 Å². The standard InChI is InChI=1S/C15H23NO4/c1-5-20-9-14(10(2)3)16-13-8-11(19-4)6-7-12(13)15(17)18/h6-8,10,14,16H,5,9H2,1-4H3,(H,17,18). The summed E-state index contributed by atoms with van der Waals surface area (Å²) in [5.41, 5.74) is 0.781. The van der Waals surface area contributed by atoms with Crippen LogP contribution in [0.4, 0.5) is 5.69 Å². The quantitative estimate of drug-likeness (QED) is 0.767. The highest BCUT2D eigenvalue weighted by atomic mass is 16.5. The number of benzene rings is 1. The third kappa shape index (κ3) is 4.42. The minimum absolute atomic E-state index is 0.0418. The second-order valence-corrected chi connectivity index (χ2v) is 4.87. The largest absolute Gasteiger partial charge is 0.497 e. The van der Waals surface area contributed by atoms with Crippen LogP contribution >= 0.6 is 0 Å². The van der Waals surface area contributed by atoms with Gasteiger partial charge < -0.3 is 19.9 Å². The van der Waals surface area contributed by atoms with Gasteiger partial charge in [0, 0.05) is 12.7 Å². The number of methoxy groups -OCH3 is 1. The Morgan fingerprint density at radius 1 is 1.40 bits per heavy atom. The van der Waals surface area contributed by atoms with Crippen molar-refractivity contribution in [1.82, 2.24) is 0 Å². The summed E-state index contributed by atoms with van der Waals surface area (Å²) in [7, 11) is 1.56. The molecule has 5 nitrogen and oxygen atoms in total. The molecule has 1 aromatic carbocycles. The summed E-state index contributed by atoms with van der Waals surface area (Å²) in [5.74, 6) is -0.0279. The van der Waals surface area contributed by atoms with Gasteiger partial charge in [0.25, 0.3) is 0 Å². The lowest BCUT2D eigenvalue weighted by Gasteiger charge is -2.24. The molecule has 0 aliphatic rings. The lowest BCUT2D eigenvalue weighted by Crippen LogP contribution is -2.31. The highest BCUT2D eigenvalue weighted by Gasteiger charge is 2.18. The molecule has 112 valence electrons. The van der Waals surface area contributed by atoms with E-state index in [-0.39, 0.29) is 11.6 Å². The topological polar surface area (TPSA) is 67.8 Å². The average Bonchev–Trinajstić information content (AvgIpc) is 2.42. The Kier molecular flexibility index (Phi) is 6.31. The predicted octanol–water partition coefficient (Wildman–Crippen LogP) is 2.87. The summed E-state index contributed by atoms with van der Waals surface area (Å²) in [6.07, 6.45) is 0. The van der Waals surface area contributed by atoms with Gasteiger partial charge in [-0.3, -0.25) is 0 Å². The minimum Gasteiger partial charge on any atom is -0.497 e. The van der Waals surface area contributed by atoms with E-state index in [1.54, 1.807) is 25.3 Å². The summed E-state index contributed by atoms with van der Waals surface area (Å²) in [4.78, 5) is 11.3. The number of anilines is 1. The van der Waals surface area contributed by atoms with Crippen LogP contribution < -0.4 is 10.1 Å². The molecule has 0 bridgehead atoms. The molecule has 0 spiro atoms. The van der Waals surface area contributed by atoms with Crippen molar-refractivity contribution >= 4 is 11.7 Å². The van der Waals surface area contributed by atoms with Crippen molar-refractivity contribution in [3.63, 3.8) is 0 Å². The molecule has 0 fully saturated rings. The monoisotopic (exact) mass is 281 g/mol. The number of ether oxygens (including phenoxy) is 2. The molecule has 2 N–H and O–H groups in total. The first kappa shape index (κ1) is 16.3. The number of hydrogen-bond acceptors (Lipinski definition) is 4. The molecule has 0 aliphatic heterocycles. The van der Waals surface area contributed by atoms with E-state index >= 15 is 0 Å². The van der Waals surface area contributed by atoms with Gasteiger partial charge in [-0.15, -0.1) is 0 Å². The van der Waals surface area contributed by atoms with Crippen molar-refractivity contribution in [3.05, 3.63) is 23.8 Å². The molecule has 1 rings (SSSR count). The van der Waals surface area contributed by atoms with Crippen LogP contribution in [0.2, 0.25) is 0 Å². The number of carboxylic acid groups (broad SMARTS) is 1. The van der Waals surface area contributed by atoms with Crippen molar-refractivity contribution in [2.45, 2.75) is 26.8 Å². The number of nitrogens with one attached hydrogen (secondary N) is 1. The van der Waals surface area contributed by atoms with Crippen molar-refractivity contribution < 1.29 is 19.4 Å². The van der Waals surface area contributed by atoms with E-state index in [1.165, 1.54) is 0 Å². The number of hydrogen-bond donors (Lipinski definition) is 2. The Morgan fingerprint density at radius 2 is 2.10 bits per heavy atom.